The fourth-order valence-electron chi connectivity index (χ4n) is 2.53. The molecule has 0 spiro atoms. The highest BCUT2D eigenvalue weighted by atomic mass is 32.2. The number of rotatable bonds is 8. The lowest BCUT2D eigenvalue weighted by atomic mass is 10.2. The summed E-state index contributed by atoms with van der Waals surface area (Å²) in [5.74, 6) is 1.01. The largest absolute Gasteiger partial charge is 0.493 e. The summed E-state index contributed by atoms with van der Waals surface area (Å²) in [6.45, 7) is 1.75. The summed E-state index contributed by atoms with van der Waals surface area (Å²) in [5, 5.41) is 21.7. The van der Waals surface area contributed by atoms with Crippen LogP contribution in [-0.4, -0.2) is 41.0 Å². The van der Waals surface area contributed by atoms with Crippen molar-refractivity contribution in [3.05, 3.63) is 52.1 Å². The van der Waals surface area contributed by atoms with Crippen LogP contribution in [0, 0.1) is 17.0 Å². The van der Waals surface area contributed by atoms with Crippen LogP contribution in [0.3, 0.4) is 0 Å². The second-order valence-corrected chi connectivity index (χ2v) is 6.96. The van der Waals surface area contributed by atoms with Crippen LogP contribution in [-0.2, 0) is 4.79 Å². The number of methoxy groups -OCH3 is 2. The molecule has 3 rings (SSSR count). The minimum Gasteiger partial charge on any atom is -0.493 e. The number of hydrogen-bond donors (Lipinski definition) is 1. The molecule has 1 aromatic heterocycles. The van der Waals surface area contributed by atoms with Crippen molar-refractivity contribution < 1.29 is 23.6 Å². The Kier molecular flexibility index (Phi) is 6.52. The van der Waals surface area contributed by atoms with Crippen LogP contribution in [0.15, 0.2) is 46.0 Å². The number of nitro groups is 1. The molecule has 0 bridgehead atoms. The van der Waals surface area contributed by atoms with Crippen molar-refractivity contribution in [3.63, 3.8) is 0 Å². The van der Waals surface area contributed by atoms with Crippen LogP contribution in [0.1, 0.15) is 5.56 Å². The highest BCUT2D eigenvalue weighted by molar-refractivity contribution is 7.99. The van der Waals surface area contributed by atoms with Crippen molar-refractivity contribution in [2.24, 2.45) is 0 Å². The summed E-state index contributed by atoms with van der Waals surface area (Å²) in [6, 6.07) is 9.46. The van der Waals surface area contributed by atoms with Crippen LogP contribution in [0.25, 0.3) is 11.5 Å². The smallest absolute Gasteiger partial charge is 0.277 e. The Bertz CT molecular complexity index is 1080. The average Bonchev–Trinajstić information content (AvgIpc) is 3.22. The van der Waals surface area contributed by atoms with Gasteiger partial charge in [-0.05, 0) is 30.7 Å². The van der Waals surface area contributed by atoms with Gasteiger partial charge in [0.05, 0.1) is 30.6 Å². The fraction of sp³-hybridized carbons (Fsp3) is 0.211. The number of hydrogen-bond acceptors (Lipinski definition) is 9. The molecule has 156 valence electrons. The van der Waals surface area contributed by atoms with E-state index in [-0.39, 0.29) is 28.5 Å². The molecule has 1 heterocycles. The SMILES string of the molecule is COc1ccc(-c2nnc(SCC(=O)Nc3cc([N+](=O)[O-])ccc3C)o2)cc1OC. The quantitative estimate of drug-likeness (QED) is 0.323. The van der Waals surface area contributed by atoms with E-state index in [9.17, 15) is 14.9 Å². The molecule has 1 N–H and O–H groups in total. The Morgan fingerprint density at radius 1 is 1.17 bits per heavy atom. The van der Waals surface area contributed by atoms with Gasteiger partial charge in [-0.2, -0.15) is 0 Å². The van der Waals surface area contributed by atoms with E-state index in [1.807, 2.05) is 0 Å². The molecule has 0 saturated carbocycles. The molecule has 10 nitrogen and oxygen atoms in total. The first kappa shape index (κ1) is 21.1. The molecule has 1 amide bonds. The number of thioether (sulfide) groups is 1. The molecule has 3 aromatic rings. The topological polar surface area (TPSA) is 130 Å². The Labute approximate surface area is 175 Å². The highest BCUT2D eigenvalue weighted by Crippen LogP contribution is 2.32. The van der Waals surface area contributed by atoms with Gasteiger partial charge in [-0.1, -0.05) is 17.8 Å². The van der Waals surface area contributed by atoms with Crippen molar-refractivity contribution in [2.75, 3.05) is 25.3 Å². The van der Waals surface area contributed by atoms with Gasteiger partial charge in [0.25, 0.3) is 10.9 Å². The van der Waals surface area contributed by atoms with Crippen molar-refractivity contribution in [3.8, 4) is 23.0 Å². The molecule has 0 radical (unpaired) electrons. The van der Waals surface area contributed by atoms with Crippen molar-refractivity contribution >= 4 is 29.0 Å². The molecule has 0 saturated heterocycles. The number of nitrogens with zero attached hydrogens (tertiary/aromatic N) is 3. The summed E-state index contributed by atoms with van der Waals surface area (Å²) in [6.07, 6.45) is 0. The van der Waals surface area contributed by atoms with E-state index in [1.165, 1.54) is 19.2 Å². The van der Waals surface area contributed by atoms with Gasteiger partial charge in [-0.15, -0.1) is 10.2 Å². The summed E-state index contributed by atoms with van der Waals surface area (Å²) >= 11 is 1.06. The number of aryl methyl sites for hydroxylation is 1. The number of nitrogens with one attached hydrogen (secondary N) is 1. The van der Waals surface area contributed by atoms with Crippen molar-refractivity contribution in [1.29, 1.82) is 0 Å². The predicted octanol–water partition coefficient (Wildman–Crippen LogP) is 3.70. The van der Waals surface area contributed by atoms with Crippen LogP contribution >= 0.6 is 11.8 Å². The number of benzene rings is 2. The minimum absolute atomic E-state index is 0.00427. The van der Waals surface area contributed by atoms with Gasteiger partial charge in [0, 0.05) is 17.7 Å². The maximum Gasteiger partial charge on any atom is 0.277 e. The third-order valence-corrected chi connectivity index (χ3v) is 4.89. The van der Waals surface area contributed by atoms with Crippen LogP contribution in [0.4, 0.5) is 11.4 Å². The average molecular weight is 430 g/mol. The molecule has 30 heavy (non-hydrogen) atoms. The Balaban J connectivity index is 1.64. The number of non-ortho nitro benzene ring substituents is 1. The zero-order chi connectivity index (χ0) is 21.7. The number of anilines is 1. The molecule has 11 heteroatoms. The normalized spacial score (nSPS) is 10.5. The van der Waals surface area contributed by atoms with Crippen LogP contribution < -0.4 is 14.8 Å². The van der Waals surface area contributed by atoms with Gasteiger partial charge in [0.15, 0.2) is 11.5 Å². The van der Waals surface area contributed by atoms with Gasteiger partial charge in [0.2, 0.25) is 11.8 Å². The van der Waals surface area contributed by atoms with E-state index >= 15 is 0 Å². The molecule has 0 unspecified atom stereocenters. The number of carbonyl (C=O) groups is 1. The first-order valence-corrected chi connectivity index (χ1v) is 9.63. The van der Waals surface area contributed by atoms with E-state index in [1.54, 1.807) is 38.3 Å². The molecule has 2 aromatic carbocycles. The maximum absolute atomic E-state index is 12.2. The first-order valence-electron chi connectivity index (χ1n) is 8.65. The number of ether oxygens (including phenoxy) is 2. The van der Waals surface area contributed by atoms with Gasteiger partial charge in [0.1, 0.15) is 0 Å². The van der Waals surface area contributed by atoms with E-state index in [0.717, 1.165) is 11.8 Å². The molecular weight excluding hydrogens is 412 g/mol. The number of aromatic nitrogens is 2. The van der Waals surface area contributed by atoms with Crippen molar-refractivity contribution in [2.45, 2.75) is 12.1 Å². The highest BCUT2D eigenvalue weighted by Gasteiger charge is 2.15. The second kappa shape index (κ2) is 9.27. The van der Waals surface area contributed by atoms with Gasteiger partial charge in [-0.25, -0.2) is 0 Å². The monoisotopic (exact) mass is 430 g/mol. The second-order valence-electron chi connectivity index (χ2n) is 6.04. The Morgan fingerprint density at radius 2 is 1.93 bits per heavy atom. The van der Waals surface area contributed by atoms with E-state index < -0.39 is 4.92 Å². The van der Waals surface area contributed by atoms with Gasteiger partial charge >= 0.3 is 0 Å². The van der Waals surface area contributed by atoms with E-state index in [0.29, 0.717) is 28.3 Å². The summed E-state index contributed by atoms with van der Waals surface area (Å²) in [7, 11) is 3.07. The lowest BCUT2D eigenvalue weighted by Crippen LogP contribution is -2.15. The zero-order valence-corrected chi connectivity index (χ0v) is 17.2. The Hall–Kier alpha value is -3.60. The molecule has 0 aliphatic carbocycles. The fourth-order valence-corrected chi connectivity index (χ4v) is 3.09. The van der Waals surface area contributed by atoms with Crippen molar-refractivity contribution in [1.82, 2.24) is 10.2 Å². The number of amides is 1. The summed E-state index contributed by atoms with van der Waals surface area (Å²) in [4.78, 5) is 22.6. The van der Waals surface area contributed by atoms with Gasteiger partial charge < -0.3 is 19.2 Å². The zero-order valence-electron chi connectivity index (χ0n) is 16.4. The number of nitro benzene ring substituents is 1. The lowest BCUT2D eigenvalue weighted by Gasteiger charge is -2.07. The summed E-state index contributed by atoms with van der Waals surface area (Å²) < 4.78 is 16.0. The van der Waals surface area contributed by atoms with Crippen LogP contribution in [0.5, 0.6) is 11.5 Å². The molecule has 0 aliphatic rings. The van der Waals surface area contributed by atoms with E-state index in [4.69, 9.17) is 13.9 Å². The third-order valence-electron chi connectivity index (χ3n) is 4.07. The predicted molar refractivity (Wildman–Crippen MR) is 110 cm³/mol. The molecular formula is C19H18N4O6S. The lowest BCUT2D eigenvalue weighted by molar-refractivity contribution is -0.384. The first-order chi connectivity index (χ1) is 14.4. The standard InChI is InChI=1S/C19H18N4O6S/c1-11-4-6-13(23(25)26)9-14(11)20-17(24)10-30-19-22-21-18(29-19)12-5-7-15(27-2)16(8-12)28-3/h4-9H,10H2,1-3H3,(H,20,24). The maximum atomic E-state index is 12.2. The number of carbonyl (C=O) groups excluding carboxylic acids is 1. The van der Waals surface area contributed by atoms with Crippen LogP contribution in [0.2, 0.25) is 0 Å². The van der Waals surface area contributed by atoms with Gasteiger partial charge in [-0.3, -0.25) is 14.9 Å². The molecule has 0 fully saturated rings. The van der Waals surface area contributed by atoms with E-state index in [2.05, 4.69) is 15.5 Å². The Morgan fingerprint density at radius 3 is 2.63 bits per heavy atom. The summed E-state index contributed by atoms with van der Waals surface area (Å²) in [5.41, 5.74) is 1.64. The minimum atomic E-state index is -0.516. The molecule has 0 atom stereocenters. The molecule has 0 aliphatic heterocycles. The third kappa shape index (κ3) is 4.87.